The van der Waals surface area contributed by atoms with Crippen LogP contribution >= 0.6 is 0 Å². The number of halogens is 1. The zero-order valence-corrected chi connectivity index (χ0v) is 13.1. The maximum Gasteiger partial charge on any atom is 0.238 e. The van der Waals surface area contributed by atoms with Crippen LogP contribution in [0.5, 0.6) is 0 Å². The topological polar surface area (TPSA) is 88.7 Å². The van der Waals surface area contributed by atoms with Crippen molar-refractivity contribution in [2.75, 3.05) is 6.54 Å². The summed E-state index contributed by atoms with van der Waals surface area (Å²) in [6.45, 7) is 0.805. The number of carbonyl (C=O) groups excluding carboxylic acids is 1. The van der Waals surface area contributed by atoms with E-state index in [4.69, 9.17) is 10.5 Å². The number of piperidine rings is 1. The fourth-order valence-electron chi connectivity index (χ4n) is 2.42. The molecule has 1 fully saturated rings. The molecule has 1 aromatic rings. The molecule has 24 heavy (non-hydrogen) atoms. The summed E-state index contributed by atoms with van der Waals surface area (Å²) in [5.41, 5.74) is 0.381. The monoisotopic (exact) mass is 324 g/mol. The molecule has 0 bridgehead atoms. The van der Waals surface area contributed by atoms with Crippen LogP contribution in [0, 0.1) is 40.3 Å². The first kappa shape index (κ1) is 17.5. The molecule has 2 N–H and O–H groups in total. The van der Waals surface area contributed by atoms with E-state index in [0.717, 1.165) is 25.8 Å². The van der Waals surface area contributed by atoms with Gasteiger partial charge in [-0.3, -0.25) is 4.79 Å². The van der Waals surface area contributed by atoms with Gasteiger partial charge in [0.25, 0.3) is 0 Å². The van der Waals surface area contributed by atoms with Gasteiger partial charge in [0.2, 0.25) is 5.91 Å². The third-order valence-corrected chi connectivity index (χ3v) is 3.73. The van der Waals surface area contributed by atoms with Crippen LogP contribution in [0.25, 0.3) is 0 Å². The lowest BCUT2D eigenvalue weighted by molar-refractivity contribution is -0.124. The highest BCUT2D eigenvalue weighted by atomic mass is 19.1. The second-order valence-corrected chi connectivity index (χ2v) is 5.51. The lowest BCUT2D eigenvalue weighted by Gasteiger charge is -2.23. The summed E-state index contributed by atoms with van der Waals surface area (Å²) in [5.74, 6) is 4.69. The summed E-state index contributed by atoms with van der Waals surface area (Å²) in [7, 11) is 0. The number of nitriles is 2. The summed E-state index contributed by atoms with van der Waals surface area (Å²) in [5, 5.41) is 23.6. The summed E-state index contributed by atoms with van der Waals surface area (Å²) < 4.78 is 13.5. The van der Waals surface area contributed by atoms with Gasteiger partial charge >= 0.3 is 0 Å². The maximum absolute atomic E-state index is 13.5. The van der Waals surface area contributed by atoms with Gasteiger partial charge in [0.05, 0.1) is 17.7 Å². The molecule has 1 saturated heterocycles. The average molecular weight is 324 g/mol. The highest BCUT2D eigenvalue weighted by molar-refractivity contribution is 5.82. The Hall–Kier alpha value is -2.88. The van der Waals surface area contributed by atoms with Crippen LogP contribution in [0.3, 0.4) is 0 Å². The van der Waals surface area contributed by atoms with Crippen molar-refractivity contribution in [2.45, 2.75) is 37.8 Å². The molecule has 2 atom stereocenters. The van der Waals surface area contributed by atoms with E-state index in [1.54, 1.807) is 12.1 Å². The zero-order chi connectivity index (χ0) is 17.4. The van der Waals surface area contributed by atoms with Crippen LogP contribution in [0.2, 0.25) is 0 Å². The van der Waals surface area contributed by atoms with Crippen molar-refractivity contribution >= 4 is 5.91 Å². The number of amides is 1. The Kier molecular flexibility index (Phi) is 6.32. The van der Waals surface area contributed by atoms with Crippen LogP contribution in [0.1, 0.15) is 36.8 Å². The number of benzene rings is 1. The van der Waals surface area contributed by atoms with Crippen LogP contribution in [0.4, 0.5) is 4.39 Å². The standard InChI is InChI=1S/C18H17FN4O/c19-16-10-13(7-8-14(16)11-20)4-3-5-15(12-21)23-18(24)17-6-1-2-9-22-17/h7-8,10,15,17,22H,1-2,5-6,9H2,(H,23,24). The number of nitrogens with zero attached hydrogens (tertiary/aromatic N) is 2. The first-order valence-electron chi connectivity index (χ1n) is 7.76. The second-order valence-electron chi connectivity index (χ2n) is 5.51. The highest BCUT2D eigenvalue weighted by Crippen LogP contribution is 2.09. The normalized spacial score (nSPS) is 17.5. The lowest BCUT2D eigenvalue weighted by Crippen LogP contribution is -2.49. The van der Waals surface area contributed by atoms with E-state index in [1.807, 2.05) is 6.07 Å². The Labute approximate surface area is 140 Å². The fourth-order valence-corrected chi connectivity index (χ4v) is 2.42. The summed E-state index contributed by atoms with van der Waals surface area (Å²) >= 11 is 0. The van der Waals surface area contributed by atoms with E-state index < -0.39 is 11.9 Å². The van der Waals surface area contributed by atoms with Gasteiger partial charge in [0.1, 0.15) is 17.9 Å². The molecule has 0 aliphatic carbocycles. The van der Waals surface area contributed by atoms with Crippen molar-refractivity contribution in [1.82, 2.24) is 10.6 Å². The predicted molar refractivity (Wildman–Crippen MR) is 85.8 cm³/mol. The molecule has 2 rings (SSSR count). The Morgan fingerprint density at radius 3 is 2.88 bits per heavy atom. The van der Waals surface area contributed by atoms with Gasteiger partial charge in [-0.2, -0.15) is 10.5 Å². The van der Waals surface area contributed by atoms with Crippen molar-refractivity contribution < 1.29 is 9.18 Å². The van der Waals surface area contributed by atoms with Crippen molar-refractivity contribution in [1.29, 1.82) is 10.5 Å². The first-order chi connectivity index (χ1) is 11.6. The van der Waals surface area contributed by atoms with Crippen molar-refractivity contribution in [3.63, 3.8) is 0 Å². The van der Waals surface area contributed by atoms with Gasteiger partial charge in [-0.05, 0) is 37.6 Å². The van der Waals surface area contributed by atoms with Gasteiger partial charge < -0.3 is 10.6 Å². The molecular weight excluding hydrogens is 307 g/mol. The van der Waals surface area contributed by atoms with Crippen molar-refractivity contribution in [2.24, 2.45) is 0 Å². The predicted octanol–water partition coefficient (Wildman–Crippen LogP) is 1.59. The molecule has 1 amide bonds. The minimum Gasteiger partial charge on any atom is -0.338 e. The van der Waals surface area contributed by atoms with Gasteiger partial charge in [-0.15, -0.1) is 0 Å². The van der Waals surface area contributed by atoms with Crippen LogP contribution in [-0.4, -0.2) is 24.5 Å². The van der Waals surface area contributed by atoms with Crippen molar-refractivity contribution in [3.05, 3.63) is 35.1 Å². The zero-order valence-electron chi connectivity index (χ0n) is 13.1. The Balaban J connectivity index is 1.92. The summed E-state index contributed by atoms with van der Waals surface area (Å²) in [6.07, 6.45) is 2.96. The summed E-state index contributed by atoms with van der Waals surface area (Å²) in [4.78, 5) is 12.1. The largest absolute Gasteiger partial charge is 0.338 e. The number of nitrogens with one attached hydrogen (secondary N) is 2. The van der Waals surface area contributed by atoms with Gasteiger partial charge in [-0.1, -0.05) is 18.3 Å². The van der Waals surface area contributed by atoms with Crippen LogP contribution < -0.4 is 10.6 Å². The van der Waals surface area contributed by atoms with Gasteiger partial charge in [0.15, 0.2) is 0 Å². The smallest absolute Gasteiger partial charge is 0.238 e. The number of carbonyl (C=O) groups is 1. The molecule has 122 valence electrons. The molecule has 5 nitrogen and oxygen atoms in total. The summed E-state index contributed by atoms with van der Waals surface area (Å²) in [6, 6.07) is 6.86. The van der Waals surface area contributed by atoms with Crippen LogP contribution in [0.15, 0.2) is 18.2 Å². The van der Waals surface area contributed by atoms with Gasteiger partial charge in [0, 0.05) is 12.0 Å². The fraction of sp³-hybridized carbons (Fsp3) is 0.389. The molecule has 0 radical (unpaired) electrons. The lowest BCUT2D eigenvalue weighted by atomic mass is 10.0. The molecule has 1 aromatic carbocycles. The Morgan fingerprint density at radius 1 is 1.42 bits per heavy atom. The third kappa shape index (κ3) is 4.81. The van der Waals surface area contributed by atoms with E-state index in [1.165, 1.54) is 12.1 Å². The Morgan fingerprint density at radius 2 is 2.25 bits per heavy atom. The molecule has 0 aromatic heterocycles. The SMILES string of the molecule is N#Cc1ccc(C#CCC(C#N)NC(=O)C2CCCCN2)cc1F. The van der Waals surface area contributed by atoms with Crippen molar-refractivity contribution in [3.8, 4) is 24.0 Å². The van der Waals surface area contributed by atoms with Gasteiger partial charge in [-0.25, -0.2) is 4.39 Å². The number of hydrogen-bond donors (Lipinski definition) is 2. The minimum absolute atomic E-state index is 0.0392. The minimum atomic E-state index is -0.711. The number of hydrogen-bond acceptors (Lipinski definition) is 4. The van der Waals surface area contributed by atoms with E-state index in [2.05, 4.69) is 22.5 Å². The maximum atomic E-state index is 13.5. The molecular formula is C18H17FN4O. The highest BCUT2D eigenvalue weighted by Gasteiger charge is 2.22. The second kappa shape index (κ2) is 8.67. The third-order valence-electron chi connectivity index (χ3n) is 3.73. The Bertz CT molecular complexity index is 745. The quantitative estimate of drug-likeness (QED) is 0.826. The van der Waals surface area contributed by atoms with E-state index in [9.17, 15) is 9.18 Å². The average Bonchev–Trinajstić information content (AvgIpc) is 2.61. The molecule has 2 unspecified atom stereocenters. The molecule has 1 heterocycles. The van der Waals surface area contributed by atoms with E-state index in [0.29, 0.717) is 5.56 Å². The molecule has 0 saturated carbocycles. The van der Waals surface area contributed by atoms with Crippen LogP contribution in [-0.2, 0) is 4.79 Å². The molecule has 0 spiro atoms. The van der Waals surface area contributed by atoms with E-state index >= 15 is 0 Å². The molecule has 1 aliphatic heterocycles. The number of rotatable bonds is 3. The first-order valence-corrected chi connectivity index (χ1v) is 7.76. The molecule has 6 heteroatoms. The molecule has 1 aliphatic rings. The van der Waals surface area contributed by atoms with E-state index in [-0.39, 0.29) is 23.9 Å².